The second-order valence-corrected chi connectivity index (χ2v) is 5.26. The second kappa shape index (κ2) is 5.45. The summed E-state index contributed by atoms with van der Waals surface area (Å²) >= 11 is 0. The number of ether oxygens (including phenoxy) is 1. The highest BCUT2D eigenvalue weighted by atomic mass is 16.5. The number of carboxylic acids is 1. The van der Waals surface area contributed by atoms with Gasteiger partial charge in [-0.25, -0.2) is 4.79 Å². The van der Waals surface area contributed by atoms with Crippen molar-refractivity contribution in [3.05, 3.63) is 35.9 Å². The molecular formula is C15H19NO3. The van der Waals surface area contributed by atoms with E-state index in [1.807, 2.05) is 24.3 Å². The van der Waals surface area contributed by atoms with E-state index in [4.69, 9.17) is 9.84 Å². The maximum atomic E-state index is 10.6. The number of hydrogen-bond acceptors (Lipinski definition) is 3. The summed E-state index contributed by atoms with van der Waals surface area (Å²) in [6.07, 6.45) is 2.81. The first kappa shape index (κ1) is 13.6. The van der Waals surface area contributed by atoms with Crippen molar-refractivity contribution in [1.82, 2.24) is 0 Å². The van der Waals surface area contributed by atoms with Gasteiger partial charge < -0.3 is 14.7 Å². The molecule has 0 spiro atoms. The zero-order valence-electron chi connectivity index (χ0n) is 11.3. The van der Waals surface area contributed by atoms with Crippen LogP contribution in [-0.2, 0) is 9.53 Å². The van der Waals surface area contributed by atoms with Crippen molar-refractivity contribution in [2.24, 2.45) is 0 Å². The molecule has 1 aromatic carbocycles. The molecule has 1 aliphatic rings. The van der Waals surface area contributed by atoms with E-state index in [0.29, 0.717) is 6.61 Å². The molecule has 0 radical (unpaired) electrons. The molecule has 1 aromatic rings. The minimum atomic E-state index is -0.933. The van der Waals surface area contributed by atoms with Crippen molar-refractivity contribution >= 4 is 17.7 Å². The lowest BCUT2D eigenvalue weighted by molar-refractivity contribution is -0.131. The SMILES string of the molecule is CC1(C)CN(c2ccccc2/C=C/C(=O)O)CCO1. The van der Waals surface area contributed by atoms with Crippen LogP contribution in [0, 0.1) is 0 Å². The van der Waals surface area contributed by atoms with Gasteiger partial charge in [0.2, 0.25) is 0 Å². The van der Waals surface area contributed by atoms with Gasteiger partial charge in [-0.1, -0.05) is 18.2 Å². The molecule has 19 heavy (non-hydrogen) atoms. The van der Waals surface area contributed by atoms with Crippen molar-refractivity contribution in [3.63, 3.8) is 0 Å². The molecule has 4 heteroatoms. The molecule has 0 bridgehead atoms. The standard InChI is InChI=1S/C15H19NO3/c1-15(2)11-16(9-10-19-15)13-6-4-3-5-12(13)7-8-14(17)18/h3-8H,9-11H2,1-2H3,(H,17,18)/b8-7+. The molecule has 0 amide bonds. The quantitative estimate of drug-likeness (QED) is 0.849. The van der Waals surface area contributed by atoms with E-state index < -0.39 is 5.97 Å². The Morgan fingerprint density at radius 1 is 1.42 bits per heavy atom. The van der Waals surface area contributed by atoms with Gasteiger partial charge in [-0.3, -0.25) is 0 Å². The monoisotopic (exact) mass is 261 g/mol. The maximum absolute atomic E-state index is 10.6. The fourth-order valence-electron chi connectivity index (χ4n) is 2.30. The molecule has 0 unspecified atom stereocenters. The first-order chi connectivity index (χ1) is 8.98. The molecule has 0 aromatic heterocycles. The van der Waals surface area contributed by atoms with E-state index in [9.17, 15) is 4.79 Å². The predicted octanol–water partition coefficient (Wildman–Crippen LogP) is 2.40. The number of hydrogen-bond donors (Lipinski definition) is 1. The summed E-state index contributed by atoms with van der Waals surface area (Å²) in [7, 11) is 0. The van der Waals surface area contributed by atoms with Gasteiger partial charge in [0.15, 0.2) is 0 Å². The number of carbonyl (C=O) groups is 1. The van der Waals surface area contributed by atoms with E-state index in [0.717, 1.165) is 24.3 Å². The summed E-state index contributed by atoms with van der Waals surface area (Å²) < 4.78 is 5.70. The average Bonchev–Trinajstić information content (AvgIpc) is 2.35. The summed E-state index contributed by atoms with van der Waals surface area (Å²) in [6.45, 7) is 6.43. The molecule has 1 N–H and O–H groups in total. The van der Waals surface area contributed by atoms with Crippen molar-refractivity contribution in [3.8, 4) is 0 Å². The number of carboxylic acid groups (broad SMARTS) is 1. The number of morpholine rings is 1. The first-order valence-electron chi connectivity index (χ1n) is 6.37. The molecule has 1 heterocycles. The number of para-hydroxylation sites is 1. The van der Waals surface area contributed by atoms with Gasteiger partial charge in [0, 0.05) is 24.9 Å². The van der Waals surface area contributed by atoms with Gasteiger partial charge in [0.05, 0.1) is 12.2 Å². The molecular weight excluding hydrogens is 242 g/mol. The molecule has 1 fully saturated rings. The third-order valence-electron chi connectivity index (χ3n) is 3.11. The zero-order valence-corrected chi connectivity index (χ0v) is 11.3. The van der Waals surface area contributed by atoms with Crippen LogP contribution in [0.3, 0.4) is 0 Å². The van der Waals surface area contributed by atoms with Gasteiger partial charge in [0.25, 0.3) is 0 Å². The van der Waals surface area contributed by atoms with Crippen molar-refractivity contribution in [2.75, 3.05) is 24.6 Å². The largest absolute Gasteiger partial charge is 0.478 e. The number of nitrogens with zero attached hydrogens (tertiary/aromatic N) is 1. The van der Waals surface area contributed by atoms with Crippen LogP contribution in [-0.4, -0.2) is 36.4 Å². The Balaban J connectivity index is 2.26. The second-order valence-electron chi connectivity index (χ2n) is 5.26. The fourth-order valence-corrected chi connectivity index (χ4v) is 2.30. The van der Waals surface area contributed by atoms with E-state index in [2.05, 4.69) is 18.7 Å². The Labute approximate surface area is 113 Å². The molecule has 0 atom stereocenters. The lowest BCUT2D eigenvalue weighted by Crippen LogP contribution is -2.48. The Morgan fingerprint density at radius 2 is 2.16 bits per heavy atom. The van der Waals surface area contributed by atoms with Crippen molar-refractivity contribution in [2.45, 2.75) is 19.4 Å². The van der Waals surface area contributed by atoms with Gasteiger partial charge in [-0.2, -0.15) is 0 Å². The predicted molar refractivity (Wildman–Crippen MR) is 75.4 cm³/mol. The van der Waals surface area contributed by atoms with Crippen molar-refractivity contribution in [1.29, 1.82) is 0 Å². The Hall–Kier alpha value is -1.81. The third kappa shape index (κ3) is 3.58. The van der Waals surface area contributed by atoms with Crippen LogP contribution in [0.15, 0.2) is 30.3 Å². The van der Waals surface area contributed by atoms with E-state index in [1.165, 1.54) is 6.08 Å². The highest BCUT2D eigenvalue weighted by molar-refractivity contribution is 5.87. The lowest BCUT2D eigenvalue weighted by Gasteiger charge is -2.40. The third-order valence-corrected chi connectivity index (χ3v) is 3.11. The lowest BCUT2D eigenvalue weighted by atomic mass is 10.0. The highest BCUT2D eigenvalue weighted by Crippen LogP contribution is 2.26. The van der Waals surface area contributed by atoms with Crippen LogP contribution in [0.25, 0.3) is 6.08 Å². The summed E-state index contributed by atoms with van der Waals surface area (Å²) in [5.41, 5.74) is 1.79. The molecule has 4 nitrogen and oxygen atoms in total. The van der Waals surface area contributed by atoms with E-state index in [1.54, 1.807) is 6.08 Å². The van der Waals surface area contributed by atoms with Gasteiger partial charge in [-0.05, 0) is 31.6 Å². The normalized spacial score (nSPS) is 18.7. The van der Waals surface area contributed by atoms with Crippen LogP contribution in [0.4, 0.5) is 5.69 Å². The van der Waals surface area contributed by atoms with Gasteiger partial charge >= 0.3 is 5.97 Å². The number of aliphatic carboxylic acids is 1. The average molecular weight is 261 g/mol. The van der Waals surface area contributed by atoms with E-state index >= 15 is 0 Å². The molecule has 0 saturated carbocycles. The summed E-state index contributed by atoms with van der Waals surface area (Å²) in [5.74, 6) is -0.933. The van der Waals surface area contributed by atoms with Crippen LogP contribution < -0.4 is 4.90 Å². The Kier molecular flexibility index (Phi) is 3.90. The first-order valence-corrected chi connectivity index (χ1v) is 6.37. The molecule has 0 aliphatic carbocycles. The maximum Gasteiger partial charge on any atom is 0.328 e. The van der Waals surface area contributed by atoms with Gasteiger partial charge in [0.1, 0.15) is 0 Å². The van der Waals surface area contributed by atoms with Gasteiger partial charge in [-0.15, -0.1) is 0 Å². The summed E-state index contributed by atoms with van der Waals surface area (Å²) in [6, 6.07) is 7.83. The highest BCUT2D eigenvalue weighted by Gasteiger charge is 2.27. The summed E-state index contributed by atoms with van der Waals surface area (Å²) in [4.78, 5) is 12.9. The number of anilines is 1. The van der Waals surface area contributed by atoms with Crippen LogP contribution in [0.1, 0.15) is 19.4 Å². The van der Waals surface area contributed by atoms with Crippen LogP contribution in [0.5, 0.6) is 0 Å². The molecule has 1 saturated heterocycles. The summed E-state index contributed by atoms with van der Waals surface area (Å²) in [5, 5.41) is 8.74. The topological polar surface area (TPSA) is 49.8 Å². The zero-order chi connectivity index (χ0) is 13.9. The minimum Gasteiger partial charge on any atom is -0.478 e. The molecule has 102 valence electrons. The fraction of sp³-hybridized carbons (Fsp3) is 0.400. The minimum absolute atomic E-state index is 0.179. The smallest absolute Gasteiger partial charge is 0.328 e. The Morgan fingerprint density at radius 3 is 2.84 bits per heavy atom. The van der Waals surface area contributed by atoms with Crippen LogP contribution in [0.2, 0.25) is 0 Å². The molecule has 2 rings (SSSR count). The van der Waals surface area contributed by atoms with E-state index in [-0.39, 0.29) is 5.60 Å². The van der Waals surface area contributed by atoms with Crippen LogP contribution >= 0.6 is 0 Å². The number of benzene rings is 1. The Bertz CT molecular complexity index is 494. The molecule has 1 aliphatic heterocycles. The van der Waals surface area contributed by atoms with Crippen molar-refractivity contribution < 1.29 is 14.6 Å². The number of rotatable bonds is 3.